The van der Waals surface area contributed by atoms with E-state index in [1.165, 1.54) is 6.92 Å². The van der Waals surface area contributed by atoms with Gasteiger partial charge in [0.1, 0.15) is 21.5 Å². The lowest BCUT2D eigenvalue weighted by Crippen LogP contribution is -2.35. The van der Waals surface area contributed by atoms with Crippen molar-refractivity contribution in [3.05, 3.63) is 32.3 Å². The third-order valence-electron chi connectivity index (χ3n) is 2.50. The number of carbonyl (C=O) groups is 1. The second-order valence-electron chi connectivity index (χ2n) is 3.79. The first-order chi connectivity index (χ1) is 9.62. The van der Waals surface area contributed by atoms with Crippen molar-refractivity contribution in [2.45, 2.75) is 11.8 Å². The van der Waals surface area contributed by atoms with E-state index >= 15 is 0 Å². The number of sulfonamides is 1. The van der Waals surface area contributed by atoms with E-state index in [2.05, 4.69) is 0 Å². The zero-order chi connectivity index (χ0) is 16.4. The molecule has 0 bridgehead atoms. The number of hydrogen-bond acceptors (Lipinski definition) is 5. The van der Waals surface area contributed by atoms with Crippen LogP contribution >= 0.6 is 23.2 Å². The number of aliphatic carboxylic acids is 1. The van der Waals surface area contributed by atoms with Crippen molar-refractivity contribution < 1.29 is 23.2 Å². The van der Waals surface area contributed by atoms with Crippen LogP contribution in [-0.4, -0.2) is 41.8 Å². The molecule has 0 unspecified atom stereocenters. The van der Waals surface area contributed by atoms with Crippen molar-refractivity contribution in [1.82, 2.24) is 4.31 Å². The van der Waals surface area contributed by atoms with Gasteiger partial charge in [0.15, 0.2) is 0 Å². The van der Waals surface area contributed by atoms with Crippen LogP contribution in [0.1, 0.15) is 6.92 Å². The van der Waals surface area contributed by atoms with Crippen molar-refractivity contribution in [3.8, 4) is 0 Å². The molecule has 1 aromatic rings. The van der Waals surface area contributed by atoms with Gasteiger partial charge in [-0.15, -0.1) is 0 Å². The third-order valence-corrected chi connectivity index (χ3v) is 5.26. The monoisotopic (exact) mass is 356 g/mol. The number of nitrogens with zero attached hydrogens (tertiary/aromatic N) is 2. The summed E-state index contributed by atoms with van der Waals surface area (Å²) in [6, 6.07) is 2.02. The molecule has 8 nitrogen and oxygen atoms in total. The van der Waals surface area contributed by atoms with Gasteiger partial charge in [0.05, 0.1) is 4.92 Å². The maximum Gasteiger partial charge on any atom is 0.318 e. The average Bonchev–Trinajstić information content (AvgIpc) is 2.34. The number of hydrogen-bond donors (Lipinski definition) is 1. The Morgan fingerprint density at radius 1 is 1.43 bits per heavy atom. The molecule has 0 heterocycles. The quantitative estimate of drug-likeness (QED) is 0.615. The molecule has 0 atom stereocenters. The lowest BCUT2D eigenvalue weighted by atomic mass is 10.3. The molecule has 0 saturated heterocycles. The lowest BCUT2D eigenvalue weighted by molar-refractivity contribution is -0.384. The molecule has 1 aromatic carbocycles. The number of rotatable bonds is 6. The number of carboxylic acids is 1. The maximum atomic E-state index is 12.3. The van der Waals surface area contributed by atoms with Gasteiger partial charge in [-0.3, -0.25) is 14.9 Å². The van der Waals surface area contributed by atoms with Crippen LogP contribution in [0.2, 0.25) is 10.0 Å². The number of likely N-dealkylation sites (N-methyl/N-ethyl adjacent to an activating group) is 1. The van der Waals surface area contributed by atoms with Gasteiger partial charge in [-0.2, -0.15) is 4.31 Å². The summed E-state index contributed by atoms with van der Waals surface area (Å²) in [6.45, 7) is 0.506. The summed E-state index contributed by atoms with van der Waals surface area (Å²) in [5.41, 5.74) is -0.745. The van der Waals surface area contributed by atoms with Gasteiger partial charge in [0, 0.05) is 6.54 Å². The Labute approximate surface area is 130 Å². The smallest absolute Gasteiger partial charge is 0.318 e. The minimum atomic E-state index is -4.29. The van der Waals surface area contributed by atoms with Crippen LogP contribution in [0.25, 0.3) is 0 Å². The van der Waals surface area contributed by atoms with Gasteiger partial charge in [0.25, 0.3) is 0 Å². The Bertz CT molecular complexity index is 691. The van der Waals surface area contributed by atoms with Crippen LogP contribution < -0.4 is 0 Å². The fourth-order valence-electron chi connectivity index (χ4n) is 1.55. The van der Waals surface area contributed by atoms with Crippen LogP contribution in [-0.2, 0) is 14.8 Å². The molecule has 116 valence electrons. The molecule has 1 rings (SSSR count). The highest BCUT2D eigenvalue weighted by Crippen LogP contribution is 2.38. The molecule has 0 saturated carbocycles. The highest BCUT2D eigenvalue weighted by molar-refractivity contribution is 7.89. The number of nitro benzene ring substituents is 1. The molecular formula is C10H10Cl2N2O6S. The zero-order valence-electron chi connectivity index (χ0n) is 10.6. The average molecular weight is 357 g/mol. The van der Waals surface area contributed by atoms with Crippen molar-refractivity contribution in [1.29, 1.82) is 0 Å². The Balaban J connectivity index is 3.48. The second kappa shape index (κ2) is 6.56. The van der Waals surface area contributed by atoms with Crippen molar-refractivity contribution in [3.63, 3.8) is 0 Å². The van der Waals surface area contributed by atoms with E-state index in [4.69, 9.17) is 28.3 Å². The molecule has 11 heteroatoms. The topological polar surface area (TPSA) is 118 Å². The van der Waals surface area contributed by atoms with E-state index in [0.717, 1.165) is 12.1 Å². The summed E-state index contributed by atoms with van der Waals surface area (Å²) in [4.78, 5) is 20.1. The maximum absolute atomic E-state index is 12.3. The van der Waals surface area contributed by atoms with Crippen LogP contribution in [0.4, 0.5) is 5.69 Å². The first kappa shape index (κ1) is 17.6. The number of halogens is 2. The van der Waals surface area contributed by atoms with Gasteiger partial charge in [-0.1, -0.05) is 30.1 Å². The Hall–Kier alpha value is -1.42. The van der Waals surface area contributed by atoms with Crippen LogP contribution in [0.3, 0.4) is 0 Å². The normalized spacial score (nSPS) is 11.6. The van der Waals surface area contributed by atoms with Gasteiger partial charge < -0.3 is 5.11 Å². The highest BCUT2D eigenvalue weighted by Gasteiger charge is 2.32. The molecule has 21 heavy (non-hydrogen) atoms. The number of carboxylic acid groups (broad SMARTS) is 1. The van der Waals surface area contributed by atoms with Crippen molar-refractivity contribution in [2.24, 2.45) is 0 Å². The first-order valence-corrected chi connectivity index (χ1v) is 7.66. The van der Waals surface area contributed by atoms with E-state index < -0.39 is 43.1 Å². The van der Waals surface area contributed by atoms with Crippen molar-refractivity contribution >= 4 is 44.9 Å². The Morgan fingerprint density at radius 2 is 2.00 bits per heavy atom. The first-order valence-electron chi connectivity index (χ1n) is 5.47. The Kier molecular flexibility index (Phi) is 5.51. The molecule has 0 aliphatic rings. The standard InChI is InChI=1S/C10H10Cl2N2O6S/c1-2-13(5-8(15)16)21(19,20)7-4-3-6(11)10(9(7)12)14(17)18/h3-4H,2,5H2,1H3,(H,15,16). The molecule has 0 aliphatic heterocycles. The van der Waals surface area contributed by atoms with Crippen molar-refractivity contribution in [2.75, 3.05) is 13.1 Å². The Morgan fingerprint density at radius 3 is 2.43 bits per heavy atom. The van der Waals surface area contributed by atoms with Gasteiger partial charge in [0.2, 0.25) is 10.0 Å². The molecule has 0 aromatic heterocycles. The largest absolute Gasteiger partial charge is 0.480 e. The van der Waals surface area contributed by atoms with Crippen LogP contribution in [0, 0.1) is 10.1 Å². The highest BCUT2D eigenvalue weighted by atomic mass is 35.5. The summed E-state index contributed by atoms with van der Waals surface area (Å²) < 4.78 is 25.3. The molecule has 0 fully saturated rings. The third kappa shape index (κ3) is 3.62. The zero-order valence-corrected chi connectivity index (χ0v) is 12.9. The molecule has 0 radical (unpaired) electrons. The lowest BCUT2D eigenvalue weighted by Gasteiger charge is -2.19. The molecule has 0 spiro atoms. The van der Waals surface area contributed by atoms with E-state index in [1.807, 2.05) is 0 Å². The van der Waals surface area contributed by atoms with E-state index in [0.29, 0.717) is 4.31 Å². The number of benzene rings is 1. The van der Waals surface area contributed by atoms with E-state index in [-0.39, 0.29) is 11.6 Å². The fraction of sp³-hybridized carbons (Fsp3) is 0.300. The van der Waals surface area contributed by atoms with E-state index in [9.17, 15) is 23.3 Å². The number of nitro groups is 1. The minimum Gasteiger partial charge on any atom is -0.480 e. The molecule has 0 amide bonds. The fourth-order valence-corrected chi connectivity index (χ4v) is 3.81. The van der Waals surface area contributed by atoms with Crippen LogP contribution in [0.15, 0.2) is 17.0 Å². The van der Waals surface area contributed by atoms with Gasteiger partial charge in [-0.25, -0.2) is 8.42 Å². The van der Waals surface area contributed by atoms with Gasteiger partial charge in [-0.05, 0) is 12.1 Å². The molecule has 1 N–H and O–H groups in total. The molecule has 0 aliphatic carbocycles. The predicted molar refractivity (Wildman–Crippen MR) is 75.2 cm³/mol. The predicted octanol–water partition coefficient (Wildman–Crippen LogP) is 2.00. The summed E-state index contributed by atoms with van der Waals surface area (Å²) in [6.07, 6.45) is 0. The SMILES string of the molecule is CCN(CC(=O)O)S(=O)(=O)c1ccc(Cl)c([N+](=O)[O-])c1Cl. The minimum absolute atomic E-state index is 0.138. The van der Waals surface area contributed by atoms with Crippen LogP contribution in [0.5, 0.6) is 0 Å². The molecular weight excluding hydrogens is 347 g/mol. The van der Waals surface area contributed by atoms with E-state index in [1.54, 1.807) is 0 Å². The summed E-state index contributed by atoms with van der Waals surface area (Å²) in [5.74, 6) is -1.36. The second-order valence-corrected chi connectivity index (χ2v) is 6.48. The summed E-state index contributed by atoms with van der Waals surface area (Å²) >= 11 is 11.4. The summed E-state index contributed by atoms with van der Waals surface area (Å²) in [7, 11) is -4.29. The summed E-state index contributed by atoms with van der Waals surface area (Å²) in [5, 5.41) is 18.6. The van der Waals surface area contributed by atoms with Gasteiger partial charge >= 0.3 is 11.7 Å².